The number of hydrogen-bond donors (Lipinski definition) is 1. The van der Waals surface area contributed by atoms with Crippen molar-refractivity contribution in [2.45, 2.75) is 20.4 Å². The van der Waals surface area contributed by atoms with Gasteiger partial charge in [0.15, 0.2) is 11.6 Å². The molecule has 16 heavy (non-hydrogen) atoms. The molecule has 0 unspecified atom stereocenters. The van der Waals surface area contributed by atoms with Gasteiger partial charge in [-0.2, -0.15) is 0 Å². The van der Waals surface area contributed by atoms with E-state index in [-0.39, 0.29) is 5.82 Å². The number of nitrogens with one attached hydrogen (secondary N) is 1. The molecule has 0 bridgehead atoms. The third-order valence-electron chi connectivity index (χ3n) is 2.11. The predicted molar refractivity (Wildman–Crippen MR) is 64.1 cm³/mol. The lowest BCUT2D eigenvalue weighted by Gasteiger charge is -2.07. The number of halogens is 1. The van der Waals surface area contributed by atoms with Crippen molar-refractivity contribution in [1.82, 2.24) is 5.32 Å². The summed E-state index contributed by atoms with van der Waals surface area (Å²) in [6, 6.07) is 5.02. The summed E-state index contributed by atoms with van der Waals surface area (Å²) in [6.07, 6.45) is 1.92. The highest BCUT2D eigenvalue weighted by molar-refractivity contribution is 5.29. The first-order chi connectivity index (χ1) is 7.63. The van der Waals surface area contributed by atoms with Gasteiger partial charge in [0.25, 0.3) is 0 Å². The molecule has 1 N–H and O–H groups in total. The van der Waals surface area contributed by atoms with Crippen LogP contribution in [0.2, 0.25) is 0 Å². The zero-order chi connectivity index (χ0) is 12.0. The largest absolute Gasteiger partial charge is 0.486 e. The molecule has 0 atom stereocenters. The highest BCUT2D eigenvalue weighted by Gasteiger charge is 2.03. The molecule has 0 amide bonds. The summed E-state index contributed by atoms with van der Waals surface area (Å²) in [5, 5.41) is 2.97. The van der Waals surface area contributed by atoms with Gasteiger partial charge in [0, 0.05) is 6.54 Å². The third-order valence-corrected chi connectivity index (χ3v) is 2.11. The molecule has 0 fully saturated rings. The summed E-state index contributed by atoms with van der Waals surface area (Å²) in [5.41, 5.74) is 2.07. The maximum absolute atomic E-state index is 13.5. The maximum Gasteiger partial charge on any atom is 0.165 e. The Kier molecular flexibility index (Phi) is 4.99. The normalized spacial score (nSPS) is 10.0. The van der Waals surface area contributed by atoms with Gasteiger partial charge in [-0.25, -0.2) is 4.39 Å². The fraction of sp³-hybridized carbons (Fsp3) is 0.385. The Morgan fingerprint density at radius 2 is 2.19 bits per heavy atom. The highest BCUT2D eigenvalue weighted by atomic mass is 19.1. The van der Waals surface area contributed by atoms with Gasteiger partial charge in [-0.1, -0.05) is 11.6 Å². The van der Waals surface area contributed by atoms with Crippen molar-refractivity contribution in [3.8, 4) is 5.75 Å². The molecule has 0 aliphatic rings. The minimum Gasteiger partial charge on any atom is -0.486 e. The summed E-state index contributed by atoms with van der Waals surface area (Å²) >= 11 is 0. The topological polar surface area (TPSA) is 21.3 Å². The van der Waals surface area contributed by atoms with Crippen molar-refractivity contribution in [3.05, 3.63) is 41.2 Å². The number of benzene rings is 1. The van der Waals surface area contributed by atoms with E-state index in [0.717, 1.165) is 11.1 Å². The van der Waals surface area contributed by atoms with E-state index in [2.05, 4.69) is 5.32 Å². The first-order valence-electron chi connectivity index (χ1n) is 5.32. The fourth-order valence-corrected chi connectivity index (χ4v) is 1.27. The molecule has 0 heterocycles. The third kappa shape index (κ3) is 4.03. The Balaban J connectivity index is 2.64. The quantitative estimate of drug-likeness (QED) is 0.775. The van der Waals surface area contributed by atoms with Gasteiger partial charge in [-0.05, 0) is 44.7 Å². The first-order valence-corrected chi connectivity index (χ1v) is 5.32. The van der Waals surface area contributed by atoms with Gasteiger partial charge < -0.3 is 10.1 Å². The molecule has 0 aliphatic heterocycles. The van der Waals surface area contributed by atoms with Crippen molar-refractivity contribution in [2.75, 3.05) is 13.7 Å². The second kappa shape index (κ2) is 6.28. The van der Waals surface area contributed by atoms with E-state index in [1.54, 1.807) is 6.07 Å². The smallest absolute Gasteiger partial charge is 0.165 e. The van der Waals surface area contributed by atoms with Crippen LogP contribution in [-0.2, 0) is 6.54 Å². The molecule has 1 aromatic carbocycles. The molecule has 3 heteroatoms. The molecule has 0 radical (unpaired) electrons. The lowest BCUT2D eigenvalue weighted by Crippen LogP contribution is -2.05. The van der Waals surface area contributed by atoms with Gasteiger partial charge in [-0.3, -0.25) is 0 Å². The number of allylic oxidation sites excluding steroid dienone is 1. The van der Waals surface area contributed by atoms with E-state index in [1.807, 2.05) is 33.0 Å². The van der Waals surface area contributed by atoms with Crippen LogP contribution in [0.15, 0.2) is 29.8 Å². The van der Waals surface area contributed by atoms with E-state index < -0.39 is 0 Å². The molecular formula is C13H18FNO. The molecule has 2 nitrogen and oxygen atoms in total. The van der Waals surface area contributed by atoms with Crippen molar-refractivity contribution < 1.29 is 9.13 Å². The summed E-state index contributed by atoms with van der Waals surface area (Å²) < 4.78 is 18.8. The fourth-order valence-electron chi connectivity index (χ4n) is 1.27. The van der Waals surface area contributed by atoms with Crippen LogP contribution in [0.1, 0.15) is 19.4 Å². The van der Waals surface area contributed by atoms with E-state index in [9.17, 15) is 4.39 Å². The van der Waals surface area contributed by atoms with Crippen LogP contribution in [0.4, 0.5) is 4.39 Å². The minimum atomic E-state index is -0.310. The number of hydrogen-bond acceptors (Lipinski definition) is 2. The van der Waals surface area contributed by atoms with Gasteiger partial charge in [0.05, 0.1) is 0 Å². The Bertz CT molecular complexity index is 370. The first kappa shape index (κ1) is 12.7. The van der Waals surface area contributed by atoms with E-state index >= 15 is 0 Å². The summed E-state index contributed by atoms with van der Waals surface area (Å²) in [5.74, 6) is -0.00717. The van der Waals surface area contributed by atoms with Crippen LogP contribution in [0.3, 0.4) is 0 Å². The molecule has 0 spiro atoms. The standard InChI is InChI=1S/C13H18FNO/c1-10(2)6-7-16-13-5-4-11(9-15-3)8-12(13)14/h4-6,8,15H,7,9H2,1-3H3. The second-order valence-corrected chi connectivity index (χ2v) is 3.89. The molecular weight excluding hydrogens is 205 g/mol. The summed E-state index contributed by atoms with van der Waals surface area (Å²) in [6.45, 7) is 5.03. The summed E-state index contributed by atoms with van der Waals surface area (Å²) in [7, 11) is 1.83. The van der Waals surface area contributed by atoms with Crippen LogP contribution in [0.25, 0.3) is 0 Å². The summed E-state index contributed by atoms with van der Waals surface area (Å²) in [4.78, 5) is 0. The van der Waals surface area contributed by atoms with Crippen molar-refractivity contribution in [3.63, 3.8) is 0 Å². The van der Waals surface area contributed by atoms with Crippen LogP contribution >= 0.6 is 0 Å². The van der Waals surface area contributed by atoms with Crippen molar-refractivity contribution in [1.29, 1.82) is 0 Å². The lowest BCUT2D eigenvalue weighted by atomic mass is 10.2. The Hall–Kier alpha value is -1.35. The Morgan fingerprint density at radius 1 is 1.44 bits per heavy atom. The van der Waals surface area contributed by atoms with Gasteiger partial charge in [0.1, 0.15) is 6.61 Å². The van der Waals surface area contributed by atoms with E-state index in [4.69, 9.17) is 4.74 Å². The predicted octanol–water partition coefficient (Wildman–Crippen LogP) is 2.89. The average molecular weight is 223 g/mol. The molecule has 0 saturated heterocycles. The Morgan fingerprint density at radius 3 is 2.75 bits per heavy atom. The second-order valence-electron chi connectivity index (χ2n) is 3.89. The van der Waals surface area contributed by atoms with Crippen LogP contribution in [-0.4, -0.2) is 13.7 Å². The SMILES string of the molecule is CNCc1ccc(OCC=C(C)C)c(F)c1. The maximum atomic E-state index is 13.5. The molecule has 0 aromatic heterocycles. The van der Waals surface area contributed by atoms with Crippen LogP contribution in [0, 0.1) is 5.82 Å². The zero-order valence-electron chi connectivity index (χ0n) is 10.0. The van der Waals surface area contributed by atoms with Gasteiger partial charge in [-0.15, -0.1) is 0 Å². The lowest BCUT2D eigenvalue weighted by molar-refractivity contribution is 0.340. The van der Waals surface area contributed by atoms with Gasteiger partial charge >= 0.3 is 0 Å². The monoisotopic (exact) mass is 223 g/mol. The zero-order valence-corrected chi connectivity index (χ0v) is 10.0. The van der Waals surface area contributed by atoms with Crippen molar-refractivity contribution >= 4 is 0 Å². The van der Waals surface area contributed by atoms with Crippen molar-refractivity contribution in [2.24, 2.45) is 0 Å². The molecule has 0 aliphatic carbocycles. The Labute approximate surface area is 96.1 Å². The molecule has 88 valence electrons. The molecule has 1 aromatic rings. The van der Waals surface area contributed by atoms with E-state index in [0.29, 0.717) is 18.9 Å². The number of ether oxygens (including phenoxy) is 1. The average Bonchev–Trinajstić information content (AvgIpc) is 2.21. The van der Waals surface area contributed by atoms with E-state index in [1.165, 1.54) is 6.07 Å². The minimum absolute atomic E-state index is 0.303. The number of rotatable bonds is 5. The highest BCUT2D eigenvalue weighted by Crippen LogP contribution is 2.18. The van der Waals surface area contributed by atoms with Crippen LogP contribution in [0.5, 0.6) is 5.75 Å². The van der Waals surface area contributed by atoms with Crippen LogP contribution < -0.4 is 10.1 Å². The molecule has 1 rings (SSSR count). The van der Waals surface area contributed by atoms with Gasteiger partial charge in [0.2, 0.25) is 0 Å². The molecule has 0 saturated carbocycles.